The number of hydrogen-bond acceptors (Lipinski definition) is 7. The second-order valence-electron chi connectivity index (χ2n) is 9.55. The number of nitrogens with zero attached hydrogens (tertiary/aromatic N) is 3. The summed E-state index contributed by atoms with van der Waals surface area (Å²) >= 11 is 0. The number of ether oxygens (including phenoxy) is 2. The lowest BCUT2D eigenvalue weighted by Gasteiger charge is -2.11. The molecule has 0 spiro atoms. The van der Waals surface area contributed by atoms with Crippen LogP contribution in [0.5, 0.6) is 11.5 Å². The van der Waals surface area contributed by atoms with Gasteiger partial charge in [0.15, 0.2) is 0 Å². The molecule has 1 aromatic heterocycles. The fraction of sp³-hybridized carbons (Fsp3) is 0.0882. The molecule has 0 saturated carbocycles. The Balaban J connectivity index is 1.27. The first-order valence-electron chi connectivity index (χ1n) is 14.0. The van der Waals surface area contributed by atoms with Gasteiger partial charge in [-0.05, 0) is 79.7 Å². The van der Waals surface area contributed by atoms with E-state index in [1.54, 1.807) is 60.5 Å². The van der Waals surface area contributed by atoms with Gasteiger partial charge in [-0.2, -0.15) is 10.2 Å². The van der Waals surface area contributed by atoms with Crippen molar-refractivity contribution in [3.63, 3.8) is 0 Å². The van der Waals surface area contributed by atoms with Crippen LogP contribution in [0.4, 0.5) is 11.4 Å². The van der Waals surface area contributed by atoms with Gasteiger partial charge in [0.2, 0.25) is 0 Å². The van der Waals surface area contributed by atoms with Crippen molar-refractivity contribution >= 4 is 35.3 Å². The van der Waals surface area contributed by atoms with E-state index in [1.807, 2.05) is 61.5 Å². The van der Waals surface area contributed by atoms with Crippen LogP contribution in [-0.2, 0) is 9.59 Å². The molecule has 0 bridgehead atoms. The normalized spacial score (nSPS) is 10.7. The van der Waals surface area contributed by atoms with E-state index in [-0.39, 0.29) is 11.3 Å². The average molecular weight is 603 g/mol. The molecule has 0 aliphatic rings. The highest BCUT2D eigenvalue weighted by Gasteiger charge is 2.18. The van der Waals surface area contributed by atoms with Gasteiger partial charge in [0.1, 0.15) is 17.2 Å². The van der Waals surface area contributed by atoms with Crippen LogP contribution in [0.25, 0.3) is 16.9 Å². The van der Waals surface area contributed by atoms with E-state index in [0.717, 1.165) is 11.3 Å². The first-order valence-corrected chi connectivity index (χ1v) is 14.0. The molecule has 5 rings (SSSR count). The lowest BCUT2D eigenvalue weighted by atomic mass is 10.1. The monoisotopic (exact) mass is 602 g/mol. The topological polar surface area (TPSA) is 136 Å². The van der Waals surface area contributed by atoms with E-state index < -0.39 is 17.7 Å². The molecule has 3 amide bonds. The van der Waals surface area contributed by atoms with Crippen LogP contribution in [0.2, 0.25) is 0 Å². The third kappa shape index (κ3) is 7.59. The van der Waals surface area contributed by atoms with Gasteiger partial charge in [0, 0.05) is 23.0 Å². The van der Waals surface area contributed by atoms with Crippen LogP contribution < -0.4 is 25.5 Å². The highest BCUT2D eigenvalue weighted by molar-refractivity contribution is 6.40. The van der Waals surface area contributed by atoms with Gasteiger partial charge in [0.05, 0.1) is 36.9 Å². The number of hydrogen-bond donors (Lipinski definition) is 3. The first-order chi connectivity index (χ1) is 21.9. The van der Waals surface area contributed by atoms with Crippen molar-refractivity contribution in [1.82, 2.24) is 15.2 Å². The van der Waals surface area contributed by atoms with Gasteiger partial charge in [-0.15, -0.1) is 0 Å². The van der Waals surface area contributed by atoms with Crippen molar-refractivity contribution < 1.29 is 23.9 Å². The maximum atomic E-state index is 13.0. The summed E-state index contributed by atoms with van der Waals surface area (Å²) in [5, 5.41) is 14.0. The van der Waals surface area contributed by atoms with Gasteiger partial charge in [-0.1, -0.05) is 30.3 Å². The van der Waals surface area contributed by atoms with E-state index in [0.29, 0.717) is 35.1 Å². The van der Waals surface area contributed by atoms with Gasteiger partial charge < -0.3 is 20.1 Å². The number of methoxy groups -OCH3 is 1. The molecule has 3 N–H and O–H groups in total. The van der Waals surface area contributed by atoms with E-state index in [2.05, 4.69) is 21.2 Å². The number of para-hydroxylation sites is 2. The van der Waals surface area contributed by atoms with Crippen LogP contribution >= 0.6 is 0 Å². The van der Waals surface area contributed by atoms with Crippen LogP contribution in [0.1, 0.15) is 22.8 Å². The zero-order valence-electron chi connectivity index (χ0n) is 24.6. The van der Waals surface area contributed by atoms with Crippen molar-refractivity contribution in [3.05, 3.63) is 120 Å². The maximum absolute atomic E-state index is 13.0. The second kappa shape index (κ2) is 14.3. The van der Waals surface area contributed by atoms with E-state index in [9.17, 15) is 14.4 Å². The van der Waals surface area contributed by atoms with Gasteiger partial charge in [0.25, 0.3) is 5.91 Å². The van der Waals surface area contributed by atoms with Crippen molar-refractivity contribution in [2.24, 2.45) is 5.10 Å². The molecule has 226 valence electrons. The molecule has 0 saturated heterocycles. The molecule has 0 fully saturated rings. The Hall–Kier alpha value is -6.23. The summed E-state index contributed by atoms with van der Waals surface area (Å²) in [5.41, 5.74) is 5.97. The molecular formula is C34H30N6O5. The molecular weight excluding hydrogens is 572 g/mol. The molecule has 45 heavy (non-hydrogen) atoms. The minimum atomic E-state index is -1.02. The Morgan fingerprint density at radius 2 is 1.51 bits per heavy atom. The number of hydrazone groups is 1. The maximum Gasteiger partial charge on any atom is 0.329 e. The Morgan fingerprint density at radius 3 is 2.22 bits per heavy atom. The third-order valence-corrected chi connectivity index (χ3v) is 6.55. The predicted molar refractivity (Wildman–Crippen MR) is 172 cm³/mol. The zero-order chi connectivity index (χ0) is 31.6. The lowest BCUT2D eigenvalue weighted by molar-refractivity contribution is -0.136. The van der Waals surface area contributed by atoms with Gasteiger partial charge in [-0.25, -0.2) is 10.1 Å². The Morgan fingerprint density at radius 1 is 0.822 bits per heavy atom. The summed E-state index contributed by atoms with van der Waals surface area (Å²) in [6, 6.07) is 30.2. The highest BCUT2D eigenvalue weighted by atomic mass is 16.5. The van der Waals surface area contributed by atoms with Gasteiger partial charge >= 0.3 is 11.8 Å². The molecule has 0 aliphatic carbocycles. The highest BCUT2D eigenvalue weighted by Crippen LogP contribution is 2.25. The summed E-state index contributed by atoms with van der Waals surface area (Å²) < 4.78 is 12.4. The fourth-order valence-corrected chi connectivity index (χ4v) is 4.35. The SMILES string of the molecule is CCOc1ccc(NC(=O)c2ccccc2NC(=O)C(=O)N/N=C/c2cn(-c3ccccc3)nc2-c2ccc(OC)cc2)cc1. The number of aromatic nitrogens is 2. The largest absolute Gasteiger partial charge is 0.497 e. The van der Waals surface area contributed by atoms with Crippen LogP contribution in [0, 0.1) is 0 Å². The molecule has 1 heterocycles. The number of anilines is 2. The van der Waals surface area contributed by atoms with Crippen molar-refractivity contribution in [2.45, 2.75) is 6.92 Å². The molecule has 11 nitrogen and oxygen atoms in total. The fourth-order valence-electron chi connectivity index (χ4n) is 4.35. The van der Waals surface area contributed by atoms with Crippen molar-refractivity contribution in [2.75, 3.05) is 24.4 Å². The molecule has 0 radical (unpaired) electrons. The van der Waals surface area contributed by atoms with Crippen LogP contribution in [0.3, 0.4) is 0 Å². The minimum absolute atomic E-state index is 0.163. The molecule has 4 aromatic carbocycles. The number of benzene rings is 4. The molecule has 5 aromatic rings. The van der Waals surface area contributed by atoms with E-state index in [1.165, 1.54) is 12.3 Å². The molecule has 11 heteroatoms. The molecule has 0 atom stereocenters. The Bertz CT molecular complexity index is 1820. The predicted octanol–water partition coefficient (Wildman–Crippen LogP) is 5.29. The third-order valence-electron chi connectivity index (χ3n) is 6.55. The number of nitrogens with one attached hydrogen (secondary N) is 3. The smallest absolute Gasteiger partial charge is 0.329 e. The summed E-state index contributed by atoms with van der Waals surface area (Å²) in [4.78, 5) is 38.4. The number of amides is 3. The number of carbonyl (C=O) groups is 3. The summed E-state index contributed by atoms with van der Waals surface area (Å²) in [7, 11) is 1.59. The summed E-state index contributed by atoms with van der Waals surface area (Å²) in [6.45, 7) is 2.41. The van der Waals surface area contributed by atoms with Crippen molar-refractivity contribution in [1.29, 1.82) is 0 Å². The van der Waals surface area contributed by atoms with Crippen LogP contribution in [0.15, 0.2) is 114 Å². The lowest BCUT2D eigenvalue weighted by Crippen LogP contribution is -2.33. The number of carbonyl (C=O) groups excluding carboxylic acids is 3. The average Bonchev–Trinajstić information content (AvgIpc) is 3.50. The summed E-state index contributed by atoms with van der Waals surface area (Å²) in [5.74, 6) is -1.10. The molecule has 0 unspecified atom stereocenters. The molecule has 0 aliphatic heterocycles. The summed E-state index contributed by atoms with van der Waals surface area (Å²) in [6.07, 6.45) is 3.18. The minimum Gasteiger partial charge on any atom is -0.497 e. The Kier molecular flexibility index (Phi) is 9.60. The van der Waals surface area contributed by atoms with E-state index in [4.69, 9.17) is 14.6 Å². The Labute approximate surface area is 259 Å². The second-order valence-corrected chi connectivity index (χ2v) is 9.55. The van der Waals surface area contributed by atoms with Gasteiger partial charge in [-0.3, -0.25) is 14.4 Å². The van der Waals surface area contributed by atoms with Crippen LogP contribution in [-0.4, -0.2) is 47.4 Å². The quantitative estimate of drug-likeness (QED) is 0.113. The first kappa shape index (κ1) is 30.2. The standard InChI is InChI=1S/C34H30N6O5/c1-3-45-28-19-15-25(16-20-28)36-32(41)29-11-7-8-12-30(29)37-33(42)34(43)38-35-21-24-22-40(26-9-5-4-6-10-26)39-31(24)23-13-17-27(44-2)18-14-23/h4-22H,3H2,1-2H3,(H,36,41)(H,37,42)(H,38,43)/b35-21+. The van der Waals surface area contributed by atoms with Crippen molar-refractivity contribution in [3.8, 4) is 28.4 Å². The van der Waals surface area contributed by atoms with E-state index >= 15 is 0 Å². The number of rotatable bonds is 10. The zero-order valence-corrected chi connectivity index (χ0v) is 24.6.